The second-order valence-corrected chi connectivity index (χ2v) is 4.62. The largest absolute Gasteiger partial charge is 0.327 e. The van der Waals surface area contributed by atoms with Gasteiger partial charge in [0.2, 0.25) is 0 Å². The highest BCUT2D eigenvalue weighted by atomic mass is 19.2. The van der Waals surface area contributed by atoms with Gasteiger partial charge in [0.05, 0.1) is 16.6 Å². The molecule has 0 unspecified atom stereocenters. The van der Waals surface area contributed by atoms with Crippen molar-refractivity contribution in [2.45, 2.75) is 6.54 Å². The molecule has 3 aromatic rings. The number of nitrogens with zero attached hydrogens (tertiary/aromatic N) is 2. The smallest absolute Gasteiger partial charge is 0.169 e. The minimum Gasteiger partial charge on any atom is -0.327 e. The summed E-state index contributed by atoms with van der Waals surface area (Å²) in [7, 11) is 1.77. The van der Waals surface area contributed by atoms with Gasteiger partial charge >= 0.3 is 0 Å². The van der Waals surface area contributed by atoms with Crippen molar-refractivity contribution < 1.29 is 8.78 Å². The van der Waals surface area contributed by atoms with Crippen molar-refractivity contribution >= 4 is 11.0 Å². The normalized spacial score (nSPS) is 11.2. The number of hydrogen-bond acceptors (Lipinski definition) is 2. The molecule has 0 aliphatic carbocycles. The number of imidazole rings is 1. The van der Waals surface area contributed by atoms with Crippen LogP contribution in [-0.4, -0.2) is 9.55 Å². The van der Waals surface area contributed by atoms with Gasteiger partial charge in [0.25, 0.3) is 0 Å². The number of benzene rings is 2. The molecule has 3 nitrogen and oxygen atoms in total. The molecule has 0 bridgehead atoms. The fourth-order valence-electron chi connectivity index (χ4n) is 2.29. The Kier molecular flexibility index (Phi) is 2.99. The first kappa shape index (κ1) is 12.7. The second kappa shape index (κ2) is 4.68. The average Bonchev–Trinajstić information content (AvgIpc) is 2.78. The SMILES string of the molecule is Cn1c(-c2cccc(F)c2F)nc2cc(CN)ccc21. The van der Waals surface area contributed by atoms with E-state index < -0.39 is 11.6 Å². The van der Waals surface area contributed by atoms with Crippen LogP contribution in [0.4, 0.5) is 8.78 Å². The van der Waals surface area contributed by atoms with Crippen LogP contribution in [0.25, 0.3) is 22.4 Å². The summed E-state index contributed by atoms with van der Waals surface area (Å²) in [5, 5.41) is 0. The zero-order valence-electron chi connectivity index (χ0n) is 10.9. The van der Waals surface area contributed by atoms with Crippen molar-refractivity contribution in [3.05, 3.63) is 53.6 Å². The van der Waals surface area contributed by atoms with Gasteiger partial charge in [-0.2, -0.15) is 0 Å². The molecule has 5 heteroatoms. The summed E-state index contributed by atoms with van der Waals surface area (Å²) >= 11 is 0. The van der Waals surface area contributed by atoms with Crippen molar-refractivity contribution in [2.75, 3.05) is 0 Å². The second-order valence-electron chi connectivity index (χ2n) is 4.62. The molecule has 0 aliphatic heterocycles. The van der Waals surface area contributed by atoms with Gasteiger partial charge in [-0.15, -0.1) is 0 Å². The van der Waals surface area contributed by atoms with Gasteiger partial charge in [-0.05, 0) is 29.8 Å². The molecule has 1 aromatic heterocycles. The first-order chi connectivity index (χ1) is 9.61. The lowest BCUT2D eigenvalue weighted by Crippen LogP contribution is -1.97. The monoisotopic (exact) mass is 273 g/mol. The molecule has 0 saturated carbocycles. The van der Waals surface area contributed by atoms with E-state index in [-0.39, 0.29) is 5.56 Å². The van der Waals surface area contributed by atoms with Crippen LogP contribution in [0.1, 0.15) is 5.56 Å². The Labute approximate surface area is 114 Å². The van der Waals surface area contributed by atoms with Crippen LogP contribution in [-0.2, 0) is 13.6 Å². The van der Waals surface area contributed by atoms with Crippen molar-refractivity contribution in [3.8, 4) is 11.4 Å². The molecule has 0 radical (unpaired) electrons. The molecule has 3 rings (SSSR count). The number of rotatable bonds is 2. The quantitative estimate of drug-likeness (QED) is 0.780. The minimum atomic E-state index is -0.884. The lowest BCUT2D eigenvalue weighted by Gasteiger charge is -2.04. The number of nitrogens with two attached hydrogens (primary N) is 1. The Balaban J connectivity index is 2.26. The number of hydrogen-bond donors (Lipinski definition) is 1. The van der Waals surface area contributed by atoms with E-state index >= 15 is 0 Å². The Morgan fingerprint density at radius 1 is 1.20 bits per heavy atom. The summed E-state index contributed by atoms with van der Waals surface area (Å²) < 4.78 is 29.0. The van der Waals surface area contributed by atoms with Crippen LogP contribution < -0.4 is 5.73 Å². The van der Waals surface area contributed by atoms with E-state index in [9.17, 15) is 8.78 Å². The highest BCUT2D eigenvalue weighted by Gasteiger charge is 2.16. The molecular weight excluding hydrogens is 260 g/mol. The molecule has 0 atom stereocenters. The minimum absolute atomic E-state index is 0.151. The van der Waals surface area contributed by atoms with Gasteiger partial charge < -0.3 is 10.3 Å². The topological polar surface area (TPSA) is 43.8 Å². The van der Waals surface area contributed by atoms with E-state index in [0.29, 0.717) is 17.9 Å². The van der Waals surface area contributed by atoms with E-state index in [2.05, 4.69) is 4.98 Å². The summed E-state index contributed by atoms with van der Waals surface area (Å²) in [6.45, 7) is 0.413. The Bertz CT molecular complexity index is 793. The number of halogens is 2. The van der Waals surface area contributed by atoms with Crippen LogP contribution in [0.15, 0.2) is 36.4 Å². The molecule has 2 aromatic carbocycles. The molecule has 0 amide bonds. The van der Waals surface area contributed by atoms with Crippen LogP contribution in [0, 0.1) is 11.6 Å². The fourth-order valence-corrected chi connectivity index (χ4v) is 2.29. The highest BCUT2D eigenvalue weighted by Crippen LogP contribution is 2.27. The maximum absolute atomic E-state index is 13.9. The van der Waals surface area contributed by atoms with E-state index in [4.69, 9.17) is 5.73 Å². The molecule has 0 aliphatic rings. The third-order valence-electron chi connectivity index (χ3n) is 3.37. The Hall–Kier alpha value is -2.27. The lowest BCUT2D eigenvalue weighted by atomic mass is 10.2. The van der Waals surface area contributed by atoms with Gasteiger partial charge in [0, 0.05) is 13.6 Å². The van der Waals surface area contributed by atoms with E-state index in [1.165, 1.54) is 12.1 Å². The molecule has 20 heavy (non-hydrogen) atoms. The van der Waals surface area contributed by atoms with Gasteiger partial charge in [-0.3, -0.25) is 0 Å². The molecule has 0 saturated heterocycles. The number of fused-ring (bicyclic) bond motifs is 1. The summed E-state index contributed by atoms with van der Waals surface area (Å²) in [6, 6.07) is 9.72. The van der Waals surface area contributed by atoms with Crippen molar-refractivity contribution in [1.82, 2.24) is 9.55 Å². The van der Waals surface area contributed by atoms with Crippen molar-refractivity contribution in [1.29, 1.82) is 0 Å². The van der Waals surface area contributed by atoms with E-state index in [0.717, 1.165) is 17.1 Å². The first-order valence-electron chi connectivity index (χ1n) is 6.21. The van der Waals surface area contributed by atoms with Crippen LogP contribution >= 0.6 is 0 Å². The molecule has 0 spiro atoms. The standard InChI is InChI=1S/C15H13F2N3/c1-20-13-6-5-9(8-18)7-12(13)19-15(20)10-3-2-4-11(16)14(10)17/h2-7H,8,18H2,1H3. The summed E-state index contributed by atoms with van der Waals surface area (Å²) in [5.41, 5.74) is 8.26. The molecular formula is C15H13F2N3. The molecule has 1 heterocycles. The average molecular weight is 273 g/mol. The van der Waals surface area contributed by atoms with Gasteiger partial charge in [-0.25, -0.2) is 13.8 Å². The van der Waals surface area contributed by atoms with Crippen LogP contribution in [0.2, 0.25) is 0 Å². The Morgan fingerprint density at radius 2 is 2.00 bits per heavy atom. The van der Waals surface area contributed by atoms with E-state index in [1.807, 2.05) is 18.2 Å². The molecule has 102 valence electrons. The molecule has 0 fully saturated rings. The van der Waals surface area contributed by atoms with Crippen LogP contribution in [0.3, 0.4) is 0 Å². The van der Waals surface area contributed by atoms with Gasteiger partial charge in [-0.1, -0.05) is 12.1 Å². The molecule has 2 N–H and O–H groups in total. The first-order valence-corrected chi connectivity index (χ1v) is 6.21. The fraction of sp³-hybridized carbons (Fsp3) is 0.133. The predicted octanol–water partition coefficient (Wildman–Crippen LogP) is 2.98. The Morgan fingerprint density at radius 3 is 2.75 bits per heavy atom. The number of aromatic nitrogens is 2. The van der Waals surface area contributed by atoms with Gasteiger partial charge in [0.15, 0.2) is 11.6 Å². The summed E-state index contributed by atoms with van der Waals surface area (Å²) in [6.07, 6.45) is 0. The van der Waals surface area contributed by atoms with Gasteiger partial charge in [0.1, 0.15) is 5.82 Å². The summed E-state index contributed by atoms with van der Waals surface area (Å²) in [5.74, 6) is -1.37. The zero-order chi connectivity index (χ0) is 14.3. The third kappa shape index (κ3) is 1.87. The lowest BCUT2D eigenvalue weighted by molar-refractivity contribution is 0.510. The predicted molar refractivity (Wildman–Crippen MR) is 74.0 cm³/mol. The van der Waals surface area contributed by atoms with Crippen molar-refractivity contribution in [3.63, 3.8) is 0 Å². The van der Waals surface area contributed by atoms with E-state index in [1.54, 1.807) is 11.6 Å². The highest BCUT2D eigenvalue weighted by molar-refractivity contribution is 5.81. The maximum atomic E-state index is 13.9. The number of aryl methyl sites for hydroxylation is 1. The zero-order valence-corrected chi connectivity index (χ0v) is 10.9. The third-order valence-corrected chi connectivity index (χ3v) is 3.37. The summed E-state index contributed by atoms with van der Waals surface area (Å²) in [4.78, 5) is 4.39. The van der Waals surface area contributed by atoms with Crippen molar-refractivity contribution in [2.24, 2.45) is 12.8 Å². The van der Waals surface area contributed by atoms with Crippen LogP contribution in [0.5, 0.6) is 0 Å². The maximum Gasteiger partial charge on any atom is 0.169 e.